The van der Waals surface area contributed by atoms with Crippen molar-refractivity contribution in [2.24, 2.45) is 0 Å². The van der Waals surface area contributed by atoms with E-state index in [2.05, 4.69) is 36.5 Å². The van der Waals surface area contributed by atoms with Gasteiger partial charge in [0.1, 0.15) is 6.61 Å². The van der Waals surface area contributed by atoms with E-state index >= 15 is 0 Å². The summed E-state index contributed by atoms with van der Waals surface area (Å²) in [5.74, 6) is 1.59. The zero-order valence-electron chi connectivity index (χ0n) is 15.4. The summed E-state index contributed by atoms with van der Waals surface area (Å²) in [6, 6.07) is 16.2. The van der Waals surface area contributed by atoms with Gasteiger partial charge in [-0.1, -0.05) is 37.6 Å². The molecule has 1 heterocycles. The summed E-state index contributed by atoms with van der Waals surface area (Å²) in [4.78, 5) is 1.99. The molecule has 1 unspecified atom stereocenters. The summed E-state index contributed by atoms with van der Waals surface area (Å²) in [6.45, 7) is 3.40. The number of likely N-dealkylation sites (N-methyl/N-ethyl adjacent to an activating group) is 1. The second-order valence-corrected chi connectivity index (χ2v) is 7.00. The number of ether oxygens (including phenoxy) is 2. The van der Waals surface area contributed by atoms with Crippen LogP contribution >= 0.6 is 12.2 Å². The maximum Gasteiger partial charge on any atom is 0.173 e. The molecule has 2 aromatic carbocycles. The molecular formula is C21H26N2O2S. The van der Waals surface area contributed by atoms with E-state index in [9.17, 15) is 0 Å². The monoisotopic (exact) mass is 370 g/mol. The van der Waals surface area contributed by atoms with Gasteiger partial charge in [0.05, 0.1) is 6.54 Å². The van der Waals surface area contributed by atoms with Crippen molar-refractivity contribution in [1.29, 1.82) is 0 Å². The Bertz CT molecular complexity index is 733. The summed E-state index contributed by atoms with van der Waals surface area (Å²) >= 11 is 5.53. The van der Waals surface area contributed by atoms with E-state index in [-0.39, 0.29) is 6.10 Å². The van der Waals surface area contributed by atoms with Crippen molar-refractivity contribution in [2.75, 3.05) is 25.5 Å². The Labute approximate surface area is 161 Å². The van der Waals surface area contributed by atoms with E-state index in [0.29, 0.717) is 18.3 Å². The fourth-order valence-corrected chi connectivity index (χ4v) is 3.09. The Balaban J connectivity index is 1.50. The van der Waals surface area contributed by atoms with Crippen LogP contribution in [-0.2, 0) is 6.42 Å². The van der Waals surface area contributed by atoms with Crippen molar-refractivity contribution in [3.8, 4) is 11.5 Å². The zero-order chi connectivity index (χ0) is 18.4. The van der Waals surface area contributed by atoms with E-state index in [4.69, 9.17) is 21.7 Å². The topological polar surface area (TPSA) is 33.7 Å². The van der Waals surface area contributed by atoms with Crippen LogP contribution in [0.2, 0.25) is 0 Å². The first kappa shape index (κ1) is 18.5. The van der Waals surface area contributed by atoms with Crippen LogP contribution in [0, 0.1) is 0 Å². The minimum Gasteiger partial charge on any atom is -0.486 e. The van der Waals surface area contributed by atoms with E-state index < -0.39 is 0 Å². The summed E-state index contributed by atoms with van der Waals surface area (Å²) < 4.78 is 11.8. The van der Waals surface area contributed by atoms with Crippen LogP contribution in [0.15, 0.2) is 48.5 Å². The lowest BCUT2D eigenvalue weighted by Crippen LogP contribution is -2.43. The molecule has 0 fully saturated rings. The fraction of sp³-hybridized carbons (Fsp3) is 0.381. The molecule has 0 bridgehead atoms. The third-order valence-corrected chi connectivity index (χ3v) is 4.83. The number of hydrogen-bond donors (Lipinski definition) is 1. The SMILES string of the molecule is CCCCc1ccc(NC(=S)N(C)CC2COc3ccccc3O2)cc1. The van der Waals surface area contributed by atoms with Gasteiger partial charge < -0.3 is 19.7 Å². The molecule has 1 atom stereocenters. The highest BCUT2D eigenvalue weighted by Crippen LogP contribution is 2.31. The second kappa shape index (κ2) is 8.90. The number of unbranched alkanes of at least 4 members (excludes halogenated alkanes) is 1. The Morgan fingerprint density at radius 3 is 2.62 bits per heavy atom. The van der Waals surface area contributed by atoms with Crippen molar-refractivity contribution >= 4 is 23.0 Å². The summed E-state index contributed by atoms with van der Waals surface area (Å²) in [5, 5.41) is 3.97. The lowest BCUT2D eigenvalue weighted by molar-refractivity contribution is 0.0784. The Hall–Kier alpha value is -2.27. The summed E-state index contributed by atoms with van der Waals surface area (Å²) in [5.41, 5.74) is 2.37. The standard InChI is InChI=1S/C21H26N2O2S/c1-3-4-7-16-10-12-17(13-11-16)22-21(26)23(2)14-18-15-24-19-8-5-6-9-20(19)25-18/h5-6,8-13,18H,3-4,7,14-15H2,1-2H3,(H,22,26). The molecule has 26 heavy (non-hydrogen) atoms. The maximum atomic E-state index is 6.00. The van der Waals surface area contributed by atoms with Gasteiger partial charge in [-0.3, -0.25) is 0 Å². The predicted octanol–water partition coefficient (Wildman–Crippen LogP) is 4.50. The number of nitrogens with zero attached hydrogens (tertiary/aromatic N) is 1. The van der Waals surface area contributed by atoms with Gasteiger partial charge in [-0.25, -0.2) is 0 Å². The van der Waals surface area contributed by atoms with Gasteiger partial charge in [-0.2, -0.15) is 0 Å². The molecule has 0 spiro atoms. The molecule has 0 saturated carbocycles. The van der Waals surface area contributed by atoms with Crippen LogP contribution in [0.4, 0.5) is 5.69 Å². The third kappa shape index (κ3) is 4.88. The van der Waals surface area contributed by atoms with Gasteiger partial charge in [0, 0.05) is 12.7 Å². The van der Waals surface area contributed by atoms with Crippen molar-refractivity contribution in [2.45, 2.75) is 32.3 Å². The van der Waals surface area contributed by atoms with Crippen molar-refractivity contribution in [3.05, 3.63) is 54.1 Å². The molecule has 1 aliphatic rings. The number of para-hydroxylation sites is 2. The first-order valence-corrected chi connectivity index (χ1v) is 9.56. The predicted molar refractivity (Wildman–Crippen MR) is 110 cm³/mol. The Kier molecular flexibility index (Phi) is 6.34. The molecule has 0 amide bonds. The van der Waals surface area contributed by atoms with E-state index in [1.807, 2.05) is 36.2 Å². The lowest BCUT2D eigenvalue weighted by Gasteiger charge is -2.30. The van der Waals surface area contributed by atoms with Gasteiger partial charge in [0.2, 0.25) is 0 Å². The van der Waals surface area contributed by atoms with E-state index in [1.165, 1.54) is 18.4 Å². The summed E-state index contributed by atoms with van der Waals surface area (Å²) in [7, 11) is 1.97. The van der Waals surface area contributed by atoms with E-state index in [0.717, 1.165) is 23.6 Å². The molecule has 4 nitrogen and oxygen atoms in total. The number of aryl methyl sites for hydroxylation is 1. The lowest BCUT2D eigenvalue weighted by atomic mass is 10.1. The molecule has 138 valence electrons. The highest BCUT2D eigenvalue weighted by Gasteiger charge is 2.22. The Morgan fingerprint density at radius 2 is 1.88 bits per heavy atom. The highest BCUT2D eigenvalue weighted by molar-refractivity contribution is 7.80. The number of thiocarbonyl (C=S) groups is 1. The number of fused-ring (bicyclic) bond motifs is 1. The quantitative estimate of drug-likeness (QED) is 0.757. The van der Waals surface area contributed by atoms with Gasteiger partial charge in [-0.05, 0) is 54.9 Å². The van der Waals surface area contributed by atoms with Crippen molar-refractivity contribution in [1.82, 2.24) is 4.90 Å². The Morgan fingerprint density at radius 1 is 1.15 bits per heavy atom. The number of nitrogens with one attached hydrogen (secondary N) is 1. The summed E-state index contributed by atoms with van der Waals surface area (Å²) in [6.07, 6.45) is 3.51. The molecule has 3 rings (SSSR count). The molecule has 0 saturated heterocycles. The van der Waals surface area contributed by atoms with Crippen LogP contribution in [0.25, 0.3) is 0 Å². The molecule has 0 radical (unpaired) electrons. The molecular weight excluding hydrogens is 344 g/mol. The number of hydrogen-bond acceptors (Lipinski definition) is 3. The molecule has 5 heteroatoms. The fourth-order valence-electron chi connectivity index (χ4n) is 2.90. The smallest absolute Gasteiger partial charge is 0.173 e. The number of rotatable bonds is 6. The first-order valence-electron chi connectivity index (χ1n) is 9.15. The van der Waals surface area contributed by atoms with Crippen LogP contribution in [0.1, 0.15) is 25.3 Å². The number of anilines is 1. The second-order valence-electron chi connectivity index (χ2n) is 6.61. The maximum absolute atomic E-state index is 6.00. The van der Waals surface area contributed by atoms with Crippen molar-refractivity contribution in [3.63, 3.8) is 0 Å². The minimum atomic E-state index is -0.0499. The molecule has 1 N–H and O–H groups in total. The first-order chi connectivity index (χ1) is 12.7. The normalized spacial score (nSPS) is 15.4. The van der Waals surface area contributed by atoms with Crippen LogP contribution in [0.5, 0.6) is 11.5 Å². The van der Waals surface area contributed by atoms with Gasteiger partial charge >= 0.3 is 0 Å². The minimum absolute atomic E-state index is 0.0499. The van der Waals surface area contributed by atoms with Crippen LogP contribution in [0.3, 0.4) is 0 Å². The van der Waals surface area contributed by atoms with Gasteiger partial charge in [0.15, 0.2) is 22.7 Å². The molecule has 0 aromatic heterocycles. The largest absolute Gasteiger partial charge is 0.486 e. The van der Waals surface area contributed by atoms with Crippen molar-refractivity contribution < 1.29 is 9.47 Å². The molecule has 2 aromatic rings. The van der Waals surface area contributed by atoms with Crippen LogP contribution < -0.4 is 14.8 Å². The average Bonchev–Trinajstić information content (AvgIpc) is 2.67. The van der Waals surface area contributed by atoms with Crippen LogP contribution in [-0.4, -0.2) is 36.3 Å². The molecule has 0 aliphatic carbocycles. The van der Waals surface area contributed by atoms with Gasteiger partial charge in [-0.15, -0.1) is 0 Å². The number of benzene rings is 2. The van der Waals surface area contributed by atoms with E-state index in [1.54, 1.807) is 0 Å². The third-order valence-electron chi connectivity index (χ3n) is 4.42. The average molecular weight is 371 g/mol. The zero-order valence-corrected chi connectivity index (χ0v) is 16.2. The molecule has 1 aliphatic heterocycles. The highest BCUT2D eigenvalue weighted by atomic mass is 32.1. The van der Waals surface area contributed by atoms with Gasteiger partial charge in [0.25, 0.3) is 0 Å².